The van der Waals surface area contributed by atoms with E-state index in [1.54, 1.807) is 0 Å². The molecule has 1 aliphatic rings. The highest BCUT2D eigenvalue weighted by atomic mass is 16.7. The van der Waals surface area contributed by atoms with Gasteiger partial charge in [0.15, 0.2) is 11.5 Å². The Morgan fingerprint density at radius 2 is 1.85 bits per heavy atom. The number of para-hydroxylation sites is 1. The minimum Gasteiger partial charge on any atom is -0.454 e. The number of ether oxygens (including phenoxy) is 2. The first kappa shape index (κ1) is 16.8. The summed E-state index contributed by atoms with van der Waals surface area (Å²) in [5.74, 6) is 1.61. The number of hydrogen-bond acceptors (Lipinski definition) is 6. The first-order valence-corrected chi connectivity index (χ1v) is 8.50. The predicted molar refractivity (Wildman–Crippen MR) is 100 cm³/mol. The van der Waals surface area contributed by atoms with E-state index in [2.05, 4.69) is 20.6 Å². The monoisotopic (exact) mass is 362 g/mol. The maximum Gasteiger partial charge on any atom is 0.254 e. The average molecular weight is 362 g/mol. The molecule has 0 spiro atoms. The molecule has 136 valence electrons. The summed E-state index contributed by atoms with van der Waals surface area (Å²) in [5.41, 5.74) is 3.33. The van der Waals surface area contributed by atoms with Crippen molar-refractivity contribution >= 4 is 17.5 Å². The van der Waals surface area contributed by atoms with Crippen molar-refractivity contribution in [2.24, 2.45) is 0 Å². The zero-order valence-electron chi connectivity index (χ0n) is 14.7. The molecule has 0 aliphatic carbocycles. The van der Waals surface area contributed by atoms with Crippen LogP contribution in [0.4, 0.5) is 11.6 Å². The van der Waals surface area contributed by atoms with E-state index in [9.17, 15) is 4.79 Å². The molecule has 27 heavy (non-hydrogen) atoms. The van der Waals surface area contributed by atoms with Gasteiger partial charge in [0.2, 0.25) is 12.7 Å². The number of aromatic nitrogens is 2. The first-order valence-electron chi connectivity index (χ1n) is 8.50. The second kappa shape index (κ2) is 7.33. The molecule has 2 N–H and O–H groups in total. The Hall–Kier alpha value is -3.61. The number of hydrogen-bond donors (Lipinski definition) is 2. The van der Waals surface area contributed by atoms with Gasteiger partial charge in [-0.25, -0.2) is 9.97 Å². The van der Waals surface area contributed by atoms with Crippen LogP contribution in [0.1, 0.15) is 21.5 Å². The molecular weight excluding hydrogens is 344 g/mol. The summed E-state index contributed by atoms with van der Waals surface area (Å²) in [5, 5.41) is 5.99. The van der Waals surface area contributed by atoms with Gasteiger partial charge in [0, 0.05) is 24.6 Å². The summed E-state index contributed by atoms with van der Waals surface area (Å²) < 4.78 is 10.6. The summed E-state index contributed by atoms with van der Waals surface area (Å²) in [7, 11) is 0. The van der Waals surface area contributed by atoms with Gasteiger partial charge in [0.05, 0.1) is 5.56 Å². The Balaban J connectivity index is 1.37. The Kier molecular flexibility index (Phi) is 4.57. The van der Waals surface area contributed by atoms with Gasteiger partial charge in [0.25, 0.3) is 5.91 Å². The third kappa shape index (κ3) is 3.82. The normalized spacial score (nSPS) is 11.9. The van der Waals surface area contributed by atoms with E-state index in [1.807, 2.05) is 49.4 Å². The molecule has 0 fully saturated rings. The minimum absolute atomic E-state index is 0.228. The lowest BCUT2D eigenvalue weighted by molar-refractivity contribution is 0.0950. The minimum atomic E-state index is -0.241. The van der Waals surface area contributed by atoms with Crippen molar-refractivity contribution in [1.82, 2.24) is 15.3 Å². The van der Waals surface area contributed by atoms with Gasteiger partial charge in [0.1, 0.15) is 0 Å². The number of amides is 1. The first-order chi connectivity index (χ1) is 13.2. The maximum atomic E-state index is 12.3. The lowest BCUT2D eigenvalue weighted by atomic mass is 10.2. The highest BCUT2D eigenvalue weighted by molar-refractivity contribution is 5.93. The quantitative estimate of drug-likeness (QED) is 0.725. The largest absolute Gasteiger partial charge is 0.454 e. The zero-order valence-corrected chi connectivity index (χ0v) is 14.7. The summed E-state index contributed by atoms with van der Waals surface area (Å²) in [4.78, 5) is 20.7. The number of fused-ring (bicyclic) bond motifs is 1. The van der Waals surface area contributed by atoms with Gasteiger partial charge >= 0.3 is 0 Å². The lowest BCUT2D eigenvalue weighted by Crippen LogP contribution is -2.23. The number of anilines is 2. The summed E-state index contributed by atoms with van der Waals surface area (Å²) in [6.45, 7) is 2.60. The van der Waals surface area contributed by atoms with Crippen LogP contribution in [-0.2, 0) is 6.54 Å². The van der Waals surface area contributed by atoms with E-state index in [1.165, 1.54) is 12.4 Å². The molecule has 2 aromatic carbocycles. The van der Waals surface area contributed by atoms with Crippen molar-refractivity contribution in [3.63, 3.8) is 0 Å². The summed E-state index contributed by atoms with van der Waals surface area (Å²) >= 11 is 0. The second-order valence-electron chi connectivity index (χ2n) is 6.11. The highest BCUT2D eigenvalue weighted by Gasteiger charge is 2.14. The van der Waals surface area contributed by atoms with Gasteiger partial charge in [-0.15, -0.1) is 0 Å². The Bertz CT molecular complexity index is 973. The second-order valence-corrected chi connectivity index (χ2v) is 6.11. The fraction of sp³-hybridized carbons (Fsp3) is 0.150. The van der Waals surface area contributed by atoms with Crippen LogP contribution in [0.3, 0.4) is 0 Å². The SMILES string of the molecule is Cc1ccccc1Nc1ncc(C(=O)NCc2ccc3c(c2)OCO3)cn1. The van der Waals surface area contributed by atoms with E-state index in [-0.39, 0.29) is 12.7 Å². The highest BCUT2D eigenvalue weighted by Crippen LogP contribution is 2.32. The molecular formula is C20H18N4O3. The molecule has 2 heterocycles. The Morgan fingerprint density at radius 3 is 2.67 bits per heavy atom. The predicted octanol–water partition coefficient (Wildman–Crippen LogP) is 3.19. The van der Waals surface area contributed by atoms with Crippen LogP contribution in [0.2, 0.25) is 0 Å². The van der Waals surface area contributed by atoms with Crippen LogP contribution in [0.5, 0.6) is 11.5 Å². The lowest BCUT2D eigenvalue weighted by Gasteiger charge is -2.09. The molecule has 0 saturated carbocycles. The maximum absolute atomic E-state index is 12.3. The molecule has 0 radical (unpaired) electrons. The Labute approximate surface area is 156 Å². The molecule has 7 nitrogen and oxygen atoms in total. The topological polar surface area (TPSA) is 85.4 Å². The number of rotatable bonds is 5. The van der Waals surface area contributed by atoms with Crippen LogP contribution < -0.4 is 20.1 Å². The van der Waals surface area contributed by atoms with E-state index >= 15 is 0 Å². The smallest absolute Gasteiger partial charge is 0.254 e. The van der Waals surface area contributed by atoms with Gasteiger partial charge < -0.3 is 20.1 Å². The van der Waals surface area contributed by atoms with Gasteiger partial charge in [-0.1, -0.05) is 24.3 Å². The van der Waals surface area contributed by atoms with E-state index in [0.29, 0.717) is 23.8 Å². The number of carbonyl (C=O) groups excluding carboxylic acids is 1. The van der Waals surface area contributed by atoms with Crippen molar-refractivity contribution in [2.45, 2.75) is 13.5 Å². The third-order valence-electron chi connectivity index (χ3n) is 4.20. The number of carbonyl (C=O) groups is 1. The number of nitrogens with one attached hydrogen (secondary N) is 2. The van der Waals surface area contributed by atoms with Crippen molar-refractivity contribution in [1.29, 1.82) is 0 Å². The summed E-state index contributed by atoms with van der Waals surface area (Å²) in [6, 6.07) is 13.4. The van der Waals surface area contributed by atoms with E-state index in [4.69, 9.17) is 9.47 Å². The van der Waals surface area contributed by atoms with Gasteiger partial charge in [-0.3, -0.25) is 4.79 Å². The van der Waals surface area contributed by atoms with Gasteiger partial charge in [-0.2, -0.15) is 0 Å². The molecule has 1 amide bonds. The Morgan fingerprint density at radius 1 is 1.07 bits per heavy atom. The molecule has 0 bridgehead atoms. The van der Waals surface area contributed by atoms with Crippen molar-refractivity contribution < 1.29 is 14.3 Å². The molecule has 0 atom stereocenters. The van der Waals surface area contributed by atoms with Crippen LogP contribution in [-0.4, -0.2) is 22.7 Å². The average Bonchev–Trinajstić information content (AvgIpc) is 3.16. The van der Waals surface area contributed by atoms with Crippen molar-refractivity contribution in [2.75, 3.05) is 12.1 Å². The van der Waals surface area contributed by atoms with Crippen molar-refractivity contribution in [3.8, 4) is 11.5 Å². The van der Waals surface area contributed by atoms with E-state index < -0.39 is 0 Å². The van der Waals surface area contributed by atoms with Crippen LogP contribution in [0.15, 0.2) is 54.9 Å². The fourth-order valence-electron chi connectivity index (χ4n) is 2.68. The number of aryl methyl sites for hydroxylation is 1. The molecule has 0 unspecified atom stereocenters. The van der Waals surface area contributed by atoms with Crippen LogP contribution >= 0.6 is 0 Å². The molecule has 1 aromatic heterocycles. The number of benzene rings is 2. The van der Waals surface area contributed by atoms with E-state index in [0.717, 1.165) is 22.6 Å². The fourth-order valence-corrected chi connectivity index (χ4v) is 2.68. The molecule has 7 heteroatoms. The van der Waals surface area contributed by atoms with Crippen molar-refractivity contribution in [3.05, 3.63) is 71.5 Å². The summed E-state index contributed by atoms with van der Waals surface area (Å²) in [6.07, 6.45) is 3.01. The van der Waals surface area contributed by atoms with Crippen LogP contribution in [0, 0.1) is 6.92 Å². The molecule has 0 saturated heterocycles. The standard InChI is InChI=1S/C20H18N4O3/c1-13-4-2-3-5-16(13)24-20-22-10-15(11-23-20)19(25)21-9-14-6-7-17-18(8-14)27-12-26-17/h2-8,10-11H,9,12H2,1H3,(H,21,25)(H,22,23,24). The number of nitrogens with zero attached hydrogens (tertiary/aromatic N) is 2. The third-order valence-corrected chi connectivity index (χ3v) is 4.20. The van der Waals surface area contributed by atoms with Crippen LogP contribution in [0.25, 0.3) is 0 Å². The molecule has 4 rings (SSSR count). The molecule has 3 aromatic rings. The molecule has 1 aliphatic heterocycles. The zero-order chi connectivity index (χ0) is 18.6. The van der Waals surface area contributed by atoms with Gasteiger partial charge in [-0.05, 0) is 36.2 Å².